The van der Waals surface area contributed by atoms with Gasteiger partial charge in [0.1, 0.15) is 5.82 Å². The van der Waals surface area contributed by atoms with E-state index in [1.54, 1.807) is 19.2 Å². The van der Waals surface area contributed by atoms with Gasteiger partial charge in [0, 0.05) is 7.11 Å². The highest BCUT2D eigenvalue weighted by Crippen LogP contribution is 2.12. The summed E-state index contributed by atoms with van der Waals surface area (Å²) in [6, 6.07) is 3.41. The van der Waals surface area contributed by atoms with E-state index in [9.17, 15) is 0 Å². The van der Waals surface area contributed by atoms with Crippen LogP contribution in [0.1, 0.15) is 5.69 Å². The monoisotopic (exact) mass is 211 g/mol. The zero-order chi connectivity index (χ0) is 11.3. The summed E-state index contributed by atoms with van der Waals surface area (Å²) in [5.74, 6) is 0.692. The lowest BCUT2D eigenvalue weighted by atomic mass is 10.3. The fourth-order valence-corrected chi connectivity index (χ4v) is 1.20. The van der Waals surface area contributed by atoms with Crippen LogP contribution in [0.4, 0.5) is 11.5 Å². The normalized spacial score (nSPS) is 12.5. The molecule has 1 rings (SSSR count). The summed E-state index contributed by atoms with van der Waals surface area (Å²) in [5, 5.41) is 12.1. The molecule has 0 fully saturated rings. The number of aromatic nitrogens is 1. The summed E-state index contributed by atoms with van der Waals surface area (Å²) in [6.45, 7) is 2.27. The number of pyridine rings is 1. The van der Waals surface area contributed by atoms with Gasteiger partial charge in [-0.1, -0.05) is 0 Å². The first-order valence-electron chi connectivity index (χ1n) is 4.76. The second-order valence-electron chi connectivity index (χ2n) is 3.35. The molecule has 0 bridgehead atoms. The summed E-state index contributed by atoms with van der Waals surface area (Å²) in [6.07, 6.45) is 0. The van der Waals surface area contributed by atoms with Crippen LogP contribution in [-0.2, 0) is 4.74 Å². The molecule has 1 heterocycles. The summed E-state index contributed by atoms with van der Waals surface area (Å²) >= 11 is 0. The molecule has 5 heteroatoms. The van der Waals surface area contributed by atoms with Gasteiger partial charge in [-0.3, -0.25) is 0 Å². The number of aliphatic hydroxyl groups excluding tert-OH is 1. The van der Waals surface area contributed by atoms with Crippen LogP contribution in [0.5, 0.6) is 0 Å². The SMILES string of the molecule is COCC(CO)Nc1ccc(N)c(C)n1. The van der Waals surface area contributed by atoms with Crippen LogP contribution < -0.4 is 11.1 Å². The number of anilines is 2. The number of nitrogens with two attached hydrogens (primary N) is 1. The second-order valence-corrected chi connectivity index (χ2v) is 3.35. The Hall–Kier alpha value is -1.33. The lowest BCUT2D eigenvalue weighted by Gasteiger charge is -2.16. The van der Waals surface area contributed by atoms with Gasteiger partial charge in [-0.15, -0.1) is 0 Å². The van der Waals surface area contributed by atoms with Gasteiger partial charge in [0.15, 0.2) is 0 Å². The van der Waals surface area contributed by atoms with E-state index < -0.39 is 0 Å². The van der Waals surface area contributed by atoms with Crippen molar-refractivity contribution >= 4 is 11.5 Å². The van der Waals surface area contributed by atoms with Crippen LogP contribution >= 0.6 is 0 Å². The number of aryl methyl sites for hydroxylation is 1. The van der Waals surface area contributed by atoms with Gasteiger partial charge in [0.05, 0.1) is 30.6 Å². The average Bonchev–Trinajstić information content (AvgIpc) is 2.23. The topological polar surface area (TPSA) is 80.4 Å². The molecular weight excluding hydrogens is 194 g/mol. The van der Waals surface area contributed by atoms with Crippen molar-refractivity contribution in [1.29, 1.82) is 0 Å². The molecule has 1 atom stereocenters. The fourth-order valence-electron chi connectivity index (χ4n) is 1.20. The largest absolute Gasteiger partial charge is 0.397 e. The van der Waals surface area contributed by atoms with E-state index in [0.717, 1.165) is 5.69 Å². The molecule has 0 aliphatic carbocycles. The average molecular weight is 211 g/mol. The van der Waals surface area contributed by atoms with Crippen LogP contribution in [0.15, 0.2) is 12.1 Å². The molecule has 5 nitrogen and oxygen atoms in total. The van der Waals surface area contributed by atoms with Gasteiger partial charge >= 0.3 is 0 Å². The predicted octanol–water partition coefficient (Wildman–Crippen LogP) is 0.391. The van der Waals surface area contributed by atoms with Gasteiger partial charge < -0.3 is 20.9 Å². The third-order valence-corrected chi connectivity index (χ3v) is 2.07. The van der Waals surface area contributed by atoms with Crippen molar-refractivity contribution in [2.45, 2.75) is 13.0 Å². The maximum Gasteiger partial charge on any atom is 0.126 e. The summed E-state index contributed by atoms with van der Waals surface area (Å²) in [5.41, 5.74) is 7.08. The second kappa shape index (κ2) is 5.53. The number of ether oxygens (including phenoxy) is 1. The van der Waals surface area contributed by atoms with Crippen LogP contribution in [0.2, 0.25) is 0 Å². The van der Waals surface area contributed by atoms with Gasteiger partial charge in [-0.05, 0) is 19.1 Å². The van der Waals surface area contributed by atoms with E-state index >= 15 is 0 Å². The van der Waals surface area contributed by atoms with E-state index in [0.29, 0.717) is 18.1 Å². The number of aliphatic hydroxyl groups is 1. The van der Waals surface area contributed by atoms with Gasteiger partial charge in [-0.2, -0.15) is 0 Å². The highest BCUT2D eigenvalue weighted by molar-refractivity contribution is 5.49. The Bertz CT molecular complexity index is 318. The lowest BCUT2D eigenvalue weighted by molar-refractivity contribution is 0.153. The lowest BCUT2D eigenvalue weighted by Crippen LogP contribution is -2.29. The third-order valence-electron chi connectivity index (χ3n) is 2.07. The molecule has 0 saturated heterocycles. The first-order chi connectivity index (χ1) is 7.17. The smallest absolute Gasteiger partial charge is 0.126 e. The van der Waals surface area contributed by atoms with Crippen molar-refractivity contribution < 1.29 is 9.84 Å². The Morgan fingerprint density at radius 3 is 2.87 bits per heavy atom. The van der Waals surface area contributed by atoms with E-state index in [2.05, 4.69) is 10.3 Å². The first kappa shape index (κ1) is 11.7. The molecular formula is C10H17N3O2. The van der Waals surface area contributed by atoms with Crippen LogP contribution in [0, 0.1) is 6.92 Å². The highest BCUT2D eigenvalue weighted by atomic mass is 16.5. The van der Waals surface area contributed by atoms with Crippen molar-refractivity contribution in [3.8, 4) is 0 Å². The molecule has 1 aromatic heterocycles. The number of nitrogen functional groups attached to an aromatic ring is 1. The van der Waals surface area contributed by atoms with Crippen molar-refractivity contribution in [1.82, 2.24) is 4.98 Å². The number of nitrogens with one attached hydrogen (secondary N) is 1. The minimum atomic E-state index is -0.148. The molecule has 0 saturated carbocycles. The molecule has 4 N–H and O–H groups in total. The highest BCUT2D eigenvalue weighted by Gasteiger charge is 2.07. The van der Waals surface area contributed by atoms with Crippen LogP contribution in [-0.4, -0.2) is 36.5 Å². The van der Waals surface area contributed by atoms with Crippen molar-refractivity contribution in [2.75, 3.05) is 31.4 Å². The standard InChI is InChI=1S/C10H17N3O2/c1-7-9(11)3-4-10(12-7)13-8(5-14)6-15-2/h3-4,8,14H,5-6,11H2,1-2H3,(H,12,13). The van der Waals surface area contributed by atoms with E-state index in [1.807, 2.05) is 6.92 Å². The van der Waals surface area contributed by atoms with Crippen LogP contribution in [0.25, 0.3) is 0 Å². The van der Waals surface area contributed by atoms with Crippen molar-refractivity contribution in [3.05, 3.63) is 17.8 Å². The van der Waals surface area contributed by atoms with E-state index in [-0.39, 0.29) is 12.6 Å². The molecule has 84 valence electrons. The Balaban J connectivity index is 2.66. The number of rotatable bonds is 5. The Kier molecular flexibility index (Phi) is 4.33. The van der Waals surface area contributed by atoms with Gasteiger partial charge in [-0.25, -0.2) is 4.98 Å². The quantitative estimate of drug-likeness (QED) is 0.656. The summed E-state index contributed by atoms with van der Waals surface area (Å²) in [7, 11) is 1.59. The molecule has 0 amide bonds. The number of methoxy groups -OCH3 is 1. The molecule has 15 heavy (non-hydrogen) atoms. The minimum Gasteiger partial charge on any atom is -0.397 e. The Labute approximate surface area is 89.3 Å². The Morgan fingerprint density at radius 2 is 2.33 bits per heavy atom. The van der Waals surface area contributed by atoms with E-state index in [4.69, 9.17) is 15.6 Å². The predicted molar refractivity (Wildman–Crippen MR) is 59.8 cm³/mol. The third kappa shape index (κ3) is 3.38. The molecule has 0 spiro atoms. The summed E-state index contributed by atoms with van der Waals surface area (Å²) < 4.78 is 4.95. The molecule has 0 aromatic carbocycles. The maximum absolute atomic E-state index is 9.05. The zero-order valence-electron chi connectivity index (χ0n) is 9.03. The summed E-state index contributed by atoms with van der Waals surface area (Å²) in [4.78, 5) is 4.24. The molecule has 1 aromatic rings. The Morgan fingerprint density at radius 1 is 1.60 bits per heavy atom. The van der Waals surface area contributed by atoms with Gasteiger partial charge in [0.2, 0.25) is 0 Å². The number of nitrogens with zero attached hydrogens (tertiary/aromatic N) is 1. The molecule has 0 aliphatic heterocycles. The van der Waals surface area contributed by atoms with Crippen LogP contribution in [0.3, 0.4) is 0 Å². The molecule has 0 radical (unpaired) electrons. The number of hydrogen-bond acceptors (Lipinski definition) is 5. The van der Waals surface area contributed by atoms with Gasteiger partial charge in [0.25, 0.3) is 0 Å². The van der Waals surface area contributed by atoms with Crippen molar-refractivity contribution in [3.63, 3.8) is 0 Å². The van der Waals surface area contributed by atoms with Crippen molar-refractivity contribution in [2.24, 2.45) is 0 Å². The molecule has 0 aliphatic rings. The zero-order valence-corrected chi connectivity index (χ0v) is 9.03. The first-order valence-corrected chi connectivity index (χ1v) is 4.76. The fraction of sp³-hybridized carbons (Fsp3) is 0.500. The van der Waals surface area contributed by atoms with E-state index in [1.165, 1.54) is 0 Å². The maximum atomic E-state index is 9.05. The minimum absolute atomic E-state index is 0.00105. The molecule has 1 unspecified atom stereocenters. The number of hydrogen-bond donors (Lipinski definition) is 3.